The highest BCUT2D eigenvalue weighted by molar-refractivity contribution is 6.00. The molecule has 3 N–H and O–H groups in total. The number of nitrogens with one attached hydrogen (secondary N) is 2. The van der Waals surface area contributed by atoms with Gasteiger partial charge in [0.15, 0.2) is 0 Å². The molecular formula is C29H25FN6O2. The Morgan fingerprint density at radius 3 is 2.68 bits per heavy atom. The lowest BCUT2D eigenvalue weighted by atomic mass is 10.0. The molecule has 8 nitrogen and oxygen atoms in total. The van der Waals surface area contributed by atoms with Gasteiger partial charge in [0.05, 0.1) is 17.4 Å². The van der Waals surface area contributed by atoms with E-state index in [-0.39, 0.29) is 11.6 Å². The number of benzene rings is 2. The highest BCUT2D eigenvalue weighted by atomic mass is 19.1. The van der Waals surface area contributed by atoms with Gasteiger partial charge in [0, 0.05) is 41.3 Å². The third-order valence-electron chi connectivity index (χ3n) is 6.40. The molecule has 9 heteroatoms. The fourth-order valence-electron chi connectivity index (χ4n) is 4.54. The van der Waals surface area contributed by atoms with Crippen LogP contribution < -0.4 is 4.74 Å². The SMILES string of the molecule is CN(C)CCOc1cc(F)cc(-c2ccnc3[nH]c(-c4n[nH]c5ccc(-c6cncc(O)c6)cc45)cc23)c1. The van der Waals surface area contributed by atoms with Crippen LogP contribution in [0.1, 0.15) is 0 Å². The molecular weight excluding hydrogens is 483 g/mol. The summed E-state index contributed by atoms with van der Waals surface area (Å²) in [7, 11) is 3.93. The molecule has 38 heavy (non-hydrogen) atoms. The van der Waals surface area contributed by atoms with Crippen LogP contribution in [0.2, 0.25) is 0 Å². The first-order valence-electron chi connectivity index (χ1n) is 12.1. The number of pyridine rings is 2. The first-order valence-corrected chi connectivity index (χ1v) is 12.1. The van der Waals surface area contributed by atoms with E-state index in [9.17, 15) is 9.50 Å². The minimum absolute atomic E-state index is 0.104. The summed E-state index contributed by atoms with van der Waals surface area (Å²) >= 11 is 0. The fourth-order valence-corrected chi connectivity index (χ4v) is 4.54. The third kappa shape index (κ3) is 4.55. The standard InChI is InChI=1S/C29H25FN6O2/c1-36(2)7-8-38-22-11-18(9-20(30)13-22)23-5-6-32-29-24(23)14-27(33-29)28-25-12-17(3-4-26(25)34-35-28)19-10-21(37)16-31-15-19/h3-6,9-16,37H,7-8H2,1-2H3,(H,32,33)(H,34,35). The van der Waals surface area contributed by atoms with Crippen LogP contribution in [0.4, 0.5) is 4.39 Å². The van der Waals surface area contributed by atoms with Crippen molar-refractivity contribution in [2.24, 2.45) is 0 Å². The molecule has 0 aliphatic carbocycles. The topological polar surface area (TPSA) is 103 Å². The van der Waals surface area contributed by atoms with Crippen LogP contribution >= 0.6 is 0 Å². The van der Waals surface area contributed by atoms with Gasteiger partial charge in [-0.05, 0) is 73.3 Å². The van der Waals surface area contributed by atoms with Crippen molar-refractivity contribution < 1.29 is 14.2 Å². The Hall–Kier alpha value is -4.76. The second-order valence-electron chi connectivity index (χ2n) is 9.40. The number of halogens is 1. The van der Waals surface area contributed by atoms with Crippen LogP contribution in [0.15, 0.2) is 73.2 Å². The van der Waals surface area contributed by atoms with E-state index >= 15 is 0 Å². The van der Waals surface area contributed by atoms with Crippen molar-refractivity contribution in [3.63, 3.8) is 0 Å². The van der Waals surface area contributed by atoms with Gasteiger partial charge in [-0.1, -0.05) is 6.07 Å². The van der Waals surface area contributed by atoms with E-state index < -0.39 is 0 Å². The van der Waals surface area contributed by atoms with Crippen LogP contribution in [0, 0.1) is 5.82 Å². The molecule has 0 aliphatic rings. The van der Waals surface area contributed by atoms with E-state index in [1.165, 1.54) is 18.3 Å². The van der Waals surface area contributed by atoms with Gasteiger partial charge in [0.25, 0.3) is 0 Å². The summed E-state index contributed by atoms with van der Waals surface area (Å²) in [5.74, 6) is 0.220. The molecule has 0 saturated heterocycles. The fraction of sp³-hybridized carbons (Fsp3) is 0.138. The molecule has 0 atom stereocenters. The number of aromatic amines is 2. The summed E-state index contributed by atoms with van der Waals surface area (Å²) in [6, 6.07) is 16.2. The van der Waals surface area contributed by atoms with Crippen molar-refractivity contribution in [1.29, 1.82) is 0 Å². The molecule has 6 aromatic rings. The Kier molecular flexibility index (Phi) is 5.97. The number of hydrogen-bond acceptors (Lipinski definition) is 6. The zero-order valence-electron chi connectivity index (χ0n) is 20.9. The average Bonchev–Trinajstić information content (AvgIpc) is 3.51. The number of aromatic hydroxyl groups is 1. The number of ether oxygens (including phenoxy) is 1. The van der Waals surface area contributed by atoms with Crippen molar-refractivity contribution in [2.75, 3.05) is 27.2 Å². The first-order chi connectivity index (χ1) is 18.4. The van der Waals surface area contributed by atoms with Crippen molar-refractivity contribution >= 4 is 21.9 Å². The van der Waals surface area contributed by atoms with Crippen molar-refractivity contribution in [2.45, 2.75) is 0 Å². The molecule has 0 fully saturated rings. The highest BCUT2D eigenvalue weighted by Crippen LogP contribution is 2.36. The monoisotopic (exact) mass is 508 g/mol. The van der Waals surface area contributed by atoms with Gasteiger partial charge in [-0.25, -0.2) is 9.37 Å². The number of likely N-dealkylation sites (N-methyl/N-ethyl adjacent to an activating group) is 1. The smallest absolute Gasteiger partial charge is 0.138 e. The van der Waals surface area contributed by atoms with Crippen LogP contribution in [0.3, 0.4) is 0 Å². The van der Waals surface area contributed by atoms with E-state index in [4.69, 9.17) is 4.74 Å². The molecule has 0 spiro atoms. The maximum absolute atomic E-state index is 14.6. The van der Waals surface area contributed by atoms with Crippen LogP contribution in [-0.2, 0) is 0 Å². The molecule has 190 valence electrons. The quantitative estimate of drug-likeness (QED) is 0.259. The van der Waals surface area contributed by atoms with E-state index in [0.717, 1.165) is 50.9 Å². The zero-order chi connectivity index (χ0) is 26.2. The molecule has 0 saturated carbocycles. The van der Waals surface area contributed by atoms with Crippen molar-refractivity contribution in [1.82, 2.24) is 30.0 Å². The Morgan fingerprint density at radius 1 is 0.947 bits per heavy atom. The van der Waals surface area contributed by atoms with Crippen LogP contribution in [-0.4, -0.2) is 62.4 Å². The van der Waals surface area contributed by atoms with Gasteiger partial charge < -0.3 is 19.7 Å². The number of H-pyrrole nitrogens is 2. The lowest BCUT2D eigenvalue weighted by molar-refractivity contribution is 0.260. The molecule has 4 heterocycles. The lowest BCUT2D eigenvalue weighted by Gasteiger charge is -2.12. The number of hydrogen-bond donors (Lipinski definition) is 3. The van der Waals surface area contributed by atoms with E-state index in [0.29, 0.717) is 23.6 Å². The largest absolute Gasteiger partial charge is 0.506 e. The molecule has 0 radical (unpaired) electrons. The Labute approximate surface area is 217 Å². The van der Waals surface area contributed by atoms with Crippen molar-refractivity contribution in [3.05, 3.63) is 79.0 Å². The molecule has 0 bridgehead atoms. The average molecular weight is 509 g/mol. The van der Waals surface area contributed by atoms with Gasteiger partial charge in [-0.2, -0.15) is 5.10 Å². The predicted octanol–water partition coefficient (Wildman–Crippen LogP) is 5.62. The molecule has 2 aromatic carbocycles. The second kappa shape index (κ2) is 9.60. The Morgan fingerprint density at radius 2 is 1.84 bits per heavy atom. The molecule has 0 unspecified atom stereocenters. The summed E-state index contributed by atoms with van der Waals surface area (Å²) in [5.41, 5.74) is 6.28. The zero-order valence-corrected chi connectivity index (χ0v) is 20.9. The van der Waals surface area contributed by atoms with Crippen LogP contribution in [0.5, 0.6) is 11.5 Å². The predicted molar refractivity (Wildman–Crippen MR) is 146 cm³/mol. The summed E-state index contributed by atoms with van der Waals surface area (Å²) in [4.78, 5) is 14.0. The van der Waals surface area contributed by atoms with Gasteiger partial charge in [0.1, 0.15) is 35.3 Å². The number of aromatic nitrogens is 5. The van der Waals surface area contributed by atoms with Crippen molar-refractivity contribution in [3.8, 4) is 45.1 Å². The summed E-state index contributed by atoms with van der Waals surface area (Å²) in [6.45, 7) is 1.19. The molecule has 6 rings (SSSR count). The highest BCUT2D eigenvalue weighted by Gasteiger charge is 2.16. The molecule has 0 amide bonds. The molecule has 0 aliphatic heterocycles. The Bertz CT molecular complexity index is 1770. The normalized spacial score (nSPS) is 11.6. The van der Waals surface area contributed by atoms with Gasteiger partial charge >= 0.3 is 0 Å². The second-order valence-corrected chi connectivity index (χ2v) is 9.40. The van der Waals surface area contributed by atoms with E-state index in [1.54, 1.807) is 18.5 Å². The minimum atomic E-state index is -0.365. The maximum Gasteiger partial charge on any atom is 0.138 e. The third-order valence-corrected chi connectivity index (χ3v) is 6.40. The Balaban J connectivity index is 1.40. The minimum Gasteiger partial charge on any atom is -0.506 e. The van der Waals surface area contributed by atoms with Crippen LogP contribution in [0.25, 0.3) is 55.6 Å². The number of rotatable bonds is 7. The molecule has 4 aromatic heterocycles. The number of fused-ring (bicyclic) bond motifs is 2. The number of nitrogens with zero attached hydrogens (tertiary/aromatic N) is 4. The maximum atomic E-state index is 14.6. The van der Waals surface area contributed by atoms with Gasteiger partial charge in [-0.3, -0.25) is 10.1 Å². The van der Waals surface area contributed by atoms with E-state index in [2.05, 4.69) is 25.1 Å². The summed E-state index contributed by atoms with van der Waals surface area (Å²) in [5, 5.41) is 19.2. The first kappa shape index (κ1) is 23.6. The van der Waals surface area contributed by atoms with E-state index in [1.807, 2.05) is 55.4 Å². The van der Waals surface area contributed by atoms with Gasteiger partial charge in [-0.15, -0.1) is 0 Å². The van der Waals surface area contributed by atoms with Gasteiger partial charge in [0.2, 0.25) is 0 Å². The summed E-state index contributed by atoms with van der Waals surface area (Å²) < 4.78 is 20.4. The summed E-state index contributed by atoms with van der Waals surface area (Å²) in [6.07, 6.45) is 4.81. The lowest BCUT2D eigenvalue weighted by Crippen LogP contribution is -2.19.